The summed E-state index contributed by atoms with van der Waals surface area (Å²) in [5, 5.41) is 3.24. The number of nitrogen functional groups attached to an aromatic ring is 1. The fourth-order valence-corrected chi connectivity index (χ4v) is 4.36. The molecule has 3 nitrogen and oxygen atoms in total. The van der Waals surface area contributed by atoms with Crippen molar-refractivity contribution in [2.45, 2.75) is 46.1 Å². The van der Waals surface area contributed by atoms with Crippen LogP contribution in [0.5, 0.6) is 0 Å². The number of nitrogens with two attached hydrogens (primary N) is 1. The van der Waals surface area contributed by atoms with Crippen LogP contribution < -0.4 is 11.1 Å². The summed E-state index contributed by atoms with van der Waals surface area (Å²) in [5.74, 6) is 0.698. The molecule has 3 N–H and O–H groups in total. The summed E-state index contributed by atoms with van der Waals surface area (Å²) in [4.78, 5) is 12.5. The van der Waals surface area contributed by atoms with E-state index in [-0.39, 0.29) is 17.4 Å². The molecule has 2 saturated carbocycles. The van der Waals surface area contributed by atoms with Gasteiger partial charge >= 0.3 is 0 Å². The van der Waals surface area contributed by atoms with E-state index in [0.29, 0.717) is 16.7 Å². The zero-order valence-electron chi connectivity index (χ0n) is 12.6. The number of hydrogen-bond donors (Lipinski definition) is 2. The summed E-state index contributed by atoms with van der Waals surface area (Å²) >= 11 is 0. The predicted molar refractivity (Wildman–Crippen MR) is 81.3 cm³/mol. The number of anilines is 1. The smallest absolute Gasteiger partial charge is 0.253 e. The van der Waals surface area contributed by atoms with Gasteiger partial charge in [-0.3, -0.25) is 4.79 Å². The van der Waals surface area contributed by atoms with Gasteiger partial charge in [0.05, 0.1) is 5.56 Å². The van der Waals surface area contributed by atoms with Crippen LogP contribution in [0.25, 0.3) is 0 Å². The average molecular weight is 272 g/mol. The third-order valence-electron chi connectivity index (χ3n) is 6.30. The fraction of sp³-hybridized carbons (Fsp3) is 0.588. The monoisotopic (exact) mass is 272 g/mol. The van der Waals surface area contributed by atoms with Crippen LogP contribution in [0.4, 0.5) is 5.69 Å². The summed E-state index contributed by atoms with van der Waals surface area (Å²) in [6.07, 6.45) is 3.60. The SMILES string of the molecule is CC1(C)C2CCC1(C)C(NC(=O)c1ccccc1N)C2. The molecule has 108 valence electrons. The second-order valence-electron chi connectivity index (χ2n) is 7.22. The number of para-hydroxylation sites is 1. The molecule has 2 bridgehead atoms. The van der Waals surface area contributed by atoms with Crippen molar-refractivity contribution in [3.63, 3.8) is 0 Å². The fourth-order valence-electron chi connectivity index (χ4n) is 4.36. The first kappa shape index (κ1) is 13.5. The Balaban J connectivity index is 1.81. The summed E-state index contributed by atoms with van der Waals surface area (Å²) in [7, 11) is 0. The molecule has 0 spiro atoms. The molecule has 3 atom stereocenters. The summed E-state index contributed by atoms with van der Waals surface area (Å²) < 4.78 is 0. The first-order chi connectivity index (χ1) is 9.36. The molecule has 3 rings (SSSR count). The van der Waals surface area contributed by atoms with Crippen molar-refractivity contribution in [2.75, 3.05) is 5.73 Å². The highest BCUT2D eigenvalue weighted by Gasteiger charge is 2.61. The minimum absolute atomic E-state index is 0.0299. The molecule has 3 heteroatoms. The summed E-state index contributed by atoms with van der Waals surface area (Å²) in [6.45, 7) is 7.04. The lowest BCUT2D eigenvalue weighted by atomic mass is 9.69. The van der Waals surface area contributed by atoms with Crippen molar-refractivity contribution < 1.29 is 4.79 Å². The third-order valence-corrected chi connectivity index (χ3v) is 6.30. The van der Waals surface area contributed by atoms with Crippen LogP contribution in [-0.4, -0.2) is 11.9 Å². The van der Waals surface area contributed by atoms with Gasteiger partial charge in [0.15, 0.2) is 0 Å². The molecule has 1 aromatic carbocycles. The molecule has 0 saturated heterocycles. The molecular weight excluding hydrogens is 248 g/mol. The molecule has 0 aliphatic heterocycles. The highest BCUT2D eigenvalue weighted by Crippen LogP contribution is 2.65. The van der Waals surface area contributed by atoms with E-state index in [1.165, 1.54) is 12.8 Å². The van der Waals surface area contributed by atoms with E-state index in [1.54, 1.807) is 12.1 Å². The number of nitrogens with one attached hydrogen (secondary N) is 1. The Morgan fingerprint density at radius 2 is 2.00 bits per heavy atom. The van der Waals surface area contributed by atoms with E-state index < -0.39 is 0 Å². The number of carbonyl (C=O) groups excluding carboxylic acids is 1. The molecule has 1 aromatic rings. The van der Waals surface area contributed by atoms with E-state index in [9.17, 15) is 4.79 Å². The Kier molecular flexibility index (Phi) is 2.86. The van der Waals surface area contributed by atoms with Crippen LogP contribution in [0.1, 0.15) is 50.4 Å². The van der Waals surface area contributed by atoms with Gasteiger partial charge in [0.2, 0.25) is 0 Å². The normalized spacial score (nSPS) is 34.1. The molecule has 0 radical (unpaired) electrons. The lowest BCUT2D eigenvalue weighted by Crippen LogP contribution is -2.47. The molecule has 0 heterocycles. The Morgan fingerprint density at radius 1 is 1.30 bits per heavy atom. The molecule has 1 amide bonds. The maximum Gasteiger partial charge on any atom is 0.253 e. The highest BCUT2D eigenvalue weighted by molar-refractivity contribution is 5.99. The number of carbonyl (C=O) groups is 1. The van der Waals surface area contributed by atoms with E-state index in [1.807, 2.05) is 12.1 Å². The maximum absolute atomic E-state index is 12.5. The quantitative estimate of drug-likeness (QED) is 0.812. The first-order valence-electron chi connectivity index (χ1n) is 7.51. The number of fused-ring (bicyclic) bond motifs is 2. The molecule has 2 aliphatic carbocycles. The van der Waals surface area contributed by atoms with Gasteiger partial charge in [-0.2, -0.15) is 0 Å². The second kappa shape index (κ2) is 4.24. The lowest BCUT2D eigenvalue weighted by Gasteiger charge is -2.39. The average Bonchev–Trinajstić information content (AvgIpc) is 2.72. The zero-order valence-corrected chi connectivity index (χ0v) is 12.6. The van der Waals surface area contributed by atoms with Crippen LogP contribution >= 0.6 is 0 Å². The zero-order chi connectivity index (χ0) is 14.5. The summed E-state index contributed by atoms with van der Waals surface area (Å²) in [6, 6.07) is 7.56. The minimum atomic E-state index is -0.0299. The van der Waals surface area contributed by atoms with Crippen LogP contribution in [0, 0.1) is 16.7 Å². The number of benzene rings is 1. The molecule has 3 unspecified atom stereocenters. The van der Waals surface area contributed by atoms with Crippen molar-refractivity contribution in [2.24, 2.45) is 16.7 Å². The highest BCUT2D eigenvalue weighted by atomic mass is 16.1. The van der Waals surface area contributed by atoms with E-state index in [0.717, 1.165) is 12.3 Å². The lowest BCUT2D eigenvalue weighted by molar-refractivity contribution is 0.0827. The minimum Gasteiger partial charge on any atom is -0.398 e. The van der Waals surface area contributed by atoms with Crippen LogP contribution in [0.3, 0.4) is 0 Å². The second-order valence-corrected chi connectivity index (χ2v) is 7.22. The molecule has 2 aliphatic rings. The number of hydrogen-bond acceptors (Lipinski definition) is 2. The number of rotatable bonds is 2. The van der Waals surface area contributed by atoms with Crippen molar-refractivity contribution in [3.05, 3.63) is 29.8 Å². The predicted octanol–water partition coefficient (Wildman–Crippen LogP) is 3.21. The van der Waals surface area contributed by atoms with Crippen molar-refractivity contribution in [3.8, 4) is 0 Å². The molecule has 0 aromatic heterocycles. The van der Waals surface area contributed by atoms with Crippen LogP contribution in [0.15, 0.2) is 24.3 Å². The van der Waals surface area contributed by atoms with Crippen LogP contribution in [-0.2, 0) is 0 Å². The van der Waals surface area contributed by atoms with Gasteiger partial charge in [-0.05, 0) is 48.1 Å². The van der Waals surface area contributed by atoms with Crippen molar-refractivity contribution >= 4 is 11.6 Å². The van der Waals surface area contributed by atoms with Crippen molar-refractivity contribution in [1.82, 2.24) is 5.32 Å². The van der Waals surface area contributed by atoms with Gasteiger partial charge in [-0.25, -0.2) is 0 Å². The standard InChI is InChI=1S/C17H24N2O/c1-16(2)11-8-9-17(16,3)14(10-11)19-15(20)12-6-4-5-7-13(12)18/h4-7,11,14H,8-10,18H2,1-3H3,(H,19,20). The van der Waals surface area contributed by atoms with Gasteiger partial charge in [0.25, 0.3) is 5.91 Å². The van der Waals surface area contributed by atoms with E-state index >= 15 is 0 Å². The topological polar surface area (TPSA) is 55.1 Å². The Morgan fingerprint density at radius 3 is 2.55 bits per heavy atom. The Labute approximate surface area is 120 Å². The van der Waals surface area contributed by atoms with Crippen molar-refractivity contribution in [1.29, 1.82) is 0 Å². The Hall–Kier alpha value is -1.51. The van der Waals surface area contributed by atoms with Gasteiger partial charge in [0, 0.05) is 11.7 Å². The van der Waals surface area contributed by atoms with Gasteiger partial charge in [0.1, 0.15) is 0 Å². The third kappa shape index (κ3) is 1.68. The van der Waals surface area contributed by atoms with Gasteiger partial charge in [-0.15, -0.1) is 0 Å². The summed E-state index contributed by atoms with van der Waals surface area (Å²) in [5.41, 5.74) is 7.56. The number of amides is 1. The maximum atomic E-state index is 12.5. The van der Waals surface area contributed by atoms with Gasteiger partial charge < -0.3 is 11.1 Å². The molecule has 2 fully saturated rings. The largest absolute Gasteiger partial charge is 0.398 e. The van der Waals surface area contributed by atoms with Gasteiger partial charge in [-0.1, -0.05) is 32.9 Å². The van der Waals surface area contributed by atoms with E-state index in [4.69, 9.17) is 5.73 Å². The Bertz CT molecular complexity index is 552. The van der Waals surface area contributed by atoms with E-state index in [2.05, 4.69) is 26.1 Å². The molecule has 20 heavy (non-hydrogen) atoms. The first-order valence-corrected chi connectivity index (χ1v) is 7.51. The molecular formula is C17H24N2O. The van der Waals surface area contributed by atoms with Crippen LogP contribution in [0.2, 0.25) is 0 Å².